The van der Waals surface area contributed by atoms with E-state index in [1.807, 2.05) is 52.6 Å². The van der Waals surface area contributed by atoms with E-state index < -0.39 is 115 Å². The number of fused-ring (bicyclic) bond motifs is 12. The average molecular weight is 2030 g/mol. The molecular formula is C102H123N22O18PSi2. The Morgan fingerprint density at radius 3 is 1.06 bits per heavy atom. The molecule has 17 atom stereocenters. The zero-order valence-electron chi connectivity index (χ0n) is 84.0. The summed E-state index contributed by atoms with van der Waals surface area (Å²) in [6.07, 6.45) is 14.6. The maximum Gasteiger partial charge on any atom is 0.259 e. The summed E-state index contributed by atoms with van der Waals surface area (Å²) >= 11 is 0. The standard InChI is InChI=1S/C28H34N7O5P.C27H35N5O4Si.C26H33N5O5Si.C21H21N5O4/c1-18(2)34(4)41(38-14-8-13-29)40-22-21-26(39-28(22,15-37-21)27(3)11-12-27)35-17-32-20-23(30-16-31-24(20)35)33-25(36)19-9-6-5-7-10-19;1-25(2,3)37(5,6)36-20-19-24(35-27(20,14-34-19)26(4)12-13-26)32-16-30-18-21(28-15-29-22(18)32)31-23(33)17-10-8-7-9-11-17;1-24(2,3)37(4,5)36-19-18-23(35-26(19,13-34-18)25(33)11-12-25)31-15-29-17-20(27-14-28-21(17)31)30-22(32)16-9-7-6-8-10-16;1-20(7-8-20)21-9-29-14(15(21)27)19(30-21)26-11-24-13-16(22-10-23-17(13)26)25-18(28)12-5-3-2-4-6-12/h5-7,9-10,16-18,21-22,26H,8,11-12,14-15H2,1-4H3,(H,30,31,33,36);7-11,15-16,19-20,24H,12-14H2,1-6H3,(H,28,29,31,33);6-10,14-15,18-19,23,33H,11-13H2,1-5H3,(H,27,28,30,32);2-6,10-11,14-15,19,27H,7-9H2,1H3,(H,22,23,25,28)/t21?,22-,26-,28+,41?;19?,20-,24-,27+;18?,19-,23-,26+;14?,15-,19-,21+/m1111/s1. The van der Waals surface area contributed by atoms with Gasteiger partial charge in [-0.2, -0.15) is 5.26 Å². The lowest BCUT2D eigenvalue weighted by atomic mass is 9.83. The fourth-order valence-electron chi connectivity index (χ4n) is 20.5. The molecule has 0 spiro atoms. The molecule has 43 heteroatoms. The minimum absolute atomic E-state index is 0.0152. The fourth-order valence-corrected chi connectivity index (χ4v) is 24.7. The van der Waals surface area contributed by atoms with E-state index in [1.54, 1.807) is 119 Å². The van der Waals surface area contributed by atoms with Crippen molar-refractivity contribution in [3.8, 4) is 6.07 Å². The van der Waals surface area contributed by atoms with E-state index in [4.69, 9.17) is 61.1 Å². The van der Waals surface area contributed by atoms with Crippen LogP contribution >= 0.6 is 8.53 Å². The summed E-state index contributed by atoms with van der Waals surface area (Å²) in [7, 11) is -3.81. The van der Waals surface area contributed by atoms with Crippen molar-refractivity contribution in [3.05, 3.63) is 194 Å². The van der Waals surface area contributed by atoms with Crippen molar-refractivity contribution in [3.63, 3.8) is 0 Å². The number of hydrogen-bond acceptors (Lipinski definition) is 32. The number of imidazole rings is 4. The number of ether oxygens (including phenoxy) is 8. The third-order valence-electron chi connectivity index (χ3n) is 32.7. The van der Waals surface area contributed by atoms with Gasteiger partial charge in [-0.3, -0.25) is 37.4 Å². The molecule has 0 radical (unpaired) electrons. The first-order valence-corrected chi connectivity index (χ1v) is 56.5. The fraction of sp³-hybridized carbons (Fsp3) is 0.520. The number of carbonyl (C=O) groups is 4. The Labute approximate surface area is 841 Å². The van der Waals surface area contributed by atoms with Crippen molar-refractivity contribution < 1.29 is 85.2 Å². The van der Waals surface area contributed by atoms with E-state index in [9.17, 15) is 29.4 Å². The van der Waals surface area contributed by atoms with Gasteiger partial charge in [0.1, 0.15) is 90.9 Å². The summed E-state index contributed by atoms with van der Waals surface area (Å²) in [6, 6.07) is 38.1. The lowest BCUT2D eigenvalue weighted by Crippen LogP contribution is -2.57. The maximum atomic E-state index is 12.8. The molecule has 8 aromatic heterocycles. The molecule has 145 heavy (non-hydrogen) atoms. The topological polar surface area (TPSA) is 469 Å². The quantitative estimate of drug-likeness (QED) is 0.0158. The van der Waals surface area contributed by atoms with E-state index in [1.165, 1.54) is 25.3 Å². The molecule has 762 valence electrons. The number of carbonyl (C=O) groups excluding carboxylic acids is 4. The highest BCUT2D eigenvalue weighted by Crippen LogP contribution is 2.70. The number of nitrogens with zero attached hydrogens (tertiary/aromatic N) is 18. The van der Waals surface area contributed by atoms with Gasteiger partial charge in [0, 0.05) is 44.5 Å². The van der Waals surface area contributed by atoms with E-state index in [0.717, 1.165) is 38.5 Å². The Morgan fingerprint density at radius 1 is 0.448 bits per heavy atom. The summed E-state index contributed by atoms with van der Waals surface area (Å²) < 4.78 is 88.2. The number of aliphatic hydroxyl groups is 2. The van der Waals surface area contributed by atoms with Crippen LogP contribution in [0.5, 0.6) is 0 Å². The largest absolute Gasteiger partial charge is 0.408 e. The average Bonchev–Trinajstić information content (AvgIpc) is 1.52. The molecule has 4 saturated carbocycles. The van der Waals surface area contributed by atoms with Gasteiger partial charge in [-0.25, -0.2) is 64.5 Å². The van der Waals surface area contributed by atoms with Crippen molar-refractivity contribution in [2.75, 3.05) is 61.3 Å². The van der Waals surface area contributed by atoms with Gasteiger partial charge in [0.2, 0.25) is 0 Å². The third kappa shape index (κ3) is 17.3. The second kappa shape index (κ2) is 37.2. The number of nitrogens with one attached hydrogen (secondary N) is 4. The summed E-state index contributed by atoms with van der Waals surface area (Å²) in [5.74, 6) is 0.210. The van der Waals surface area contributed by atoms with Crippen LogP contribution in [0.4, 0.5) is 23.3 Å². The zero-order valence-corrected chi connectivity index (χ0v) is 86.9. The molecule has 8 saturated heterocycles. The Bertz CT molecular complexity index is 6730. The zero-order chi connectivity index (χ0) is 102. The van der Waals surface area contributed by atoms with Crippen LogP contribution in [-0.2, 0) is 55.8 Å². The van der Waals surface area contributed by atoms with Crippen LogP contribution in [0.25, 0.3) is 44.7 Å². The highest BCUT2D eigenvalue weighted by Gasteiger charge is 2.78. The molecule has 6 N–H and O–H groups in total. The Hall–Kier alpha value is -11.3. The Kier molecular flexibility index (Phi) is 25.6. The van der Waals surface area contributed by atoms with Crippen LogP contribution in [0.1, 0.15) is 200 Å². The SMILES string of the molecule is CC(C)(C)[Si](C)(C)O[C@@H]1C2OC[C@]1(C1(O)CC1)O[C@H]2n1cnc2c(NC(=O)c3ccccc3)ncnc21.CC(C)N(C)P(OCCC#N)O[C@@H]1C2OC[C@]1(C1(C)CC1)O[C@H]2n1cnc2c(NC(=O)c3ccccc3)ncnc21.CC1([C@@]23COC([C@H](n4cnc5c(NC(=O)c6ccccc6)ncnc54)O2)[C@H]3O)CC1.CC1([C@@]23COC([C@H](n4cnc5c(NC(=O)c6ccccc6)ncnc54)O2)[C@H]3O[Si](C)(C)C(C)(C)C)CC1. The molecule has 4 aromatic carbocycles. The number of hydrogen-bond donors (Lipinski definition) is 6. The van der Waals surface area contributed by atoms with Crippen molar-refractivity contribution >= 4 is 117 Å². The lowest BCUT2D eigenvalue weighted by Gasteiger charge is -2.43. The molecule has 5 unspecified atom stereocenters. The molecule has 4 amide bonds. The number of aromatic nitrogens is 16. The summed E-state index contributed by atoms with van der Waals surface area (Å²) in [5, 5.41) is 42.8. The van der Waals surface area contributed by atoms with Crippen molar-refractivity contribution in [1.82, 2.24) is 82.7 Å². The highest BCUT2D eigenvalue weighted by atomic mass is 31.2. The van der Waals surface area contributed by atoms with Crippen LogP contribution in [0.2, 0.25) is 36.3 Å². The van der Waals surface area contributed by atoms with E-state index >= 15 is 0 Å². The third-order valence-corrected chi connectivity index (χ3v) is 43.4. The van der Waals surface area contributed by atoms with Gasteiger partial charge in [0.25, 0.3) is 32.2 Å². The van der Waals surface area contributed by atoms with Crippen LogP contribution < -0.4 is 21.3 Å². The summed E-state index contributed by atoms with van der Waals surface area (Å²) in [4.78, 5) is 104. The second-order valence-corrected chi connectivity index (χ2v) is 55.2. The number of aliphatic hydroxyl groups excluding tert-OH is 1. The number of anilines is 4. The number of nitriles is 1. The molecular weight excluding hydrogens is 1910 g/mol. The molecule has 24 rings (SSSR count). The predicted octanol–water partition coefficient (Wildman–Crippen LogP) is 14.9. The van der Waals surface area contributed by atoms with Gasteiger partial charge in [-0.15, -0.1) is 0 Å². The van der Waals surface area contributed by atoms with Gasteiger partial charge >= 0.3 is 0 Å². The minimum atomic E-state index is -2.21. The van der Waals surface area contributed by atoms with Crippen molar-refractivity contribution in [2.24, 2.45) is 16.2 Å². The number of benzene rings is 4. The smallest absolute Gasteiger partial charge is 0.259 e. The molecule has 16 heterocycles. The molecule has 4 aliphatic carbocycles. The van der Waals surface area contributed by atoms with Crippen molar-refractivity contribution in [2.45, 2.75) is 278 Å². The molecule has 12 fully saturated rings. The van der Waals surface area contributed by atoms with Gasteiger partial charge < -0.3 is 87.3 Å². The molecule has 12 aromatic rings. The first kappa shape index (κ1) is 99.7. The second-order valence-electron chi connectivity index (χ2n) is 44.1. The van der Waals surface area contributed by atoms with Crippen molar-refractivity contribution in [1.29, 1.82) is 5.26 Å². The van der Waals surface area contributed by atoms with Crippen LogP contribution in [0, 0.1) is 27.6 Å². The summed E-state index contributed by atoms with van der Waals surface area (Å²) in [5.41, 5.74) is 2.10. The summed E-state index contributed by atoms with van der Waals surface area (Å²) in [6.45, 7) is 35.0. The normalized spacial score (nSPS) is 28.6. The van der Waals surface area contributed by atoms with Gasteiger partial charge in [0.15, 0.2) is 115 Å². The minimum Gasteiger partial charge on any atom is -0.408 e. The van der Waals surface area contributed by atoms with Gasteiger partial charge in [-0.1, -0.05) is 135 Å². The monoisotopic (exact) mass is 2030 g/mol. The first-order chi connectivity index (χ1) is 69.2. The first-order valence-electron chi connectivity index (χ1n) is 49.5. The molecule has 40 nitrogen and oxygen atoms in total. The highest BCUT2D eigenvalue weighted by molar-refractivity contribution is 7.44. The Morgan fingerprint density at radius 2 is 0.738 bits per heavy atom. The maximum absolute atomic E-state index is 12.8. The molecule has 8 aliphatic heterocycles. The number of amides is 4. The van der Waals surface area contributed by atoms with Gasteiger partial charge in [-0.05, 0) is 157 Å². The van der Waals surface area contributed by atoms with Crippen LogP contribution in [-0.4, -0.2) is 256 Å². The number of rotatable bonds is 27. The predicted molar refractivity (Wildman–Crippen MR) is 536 cm³/mol. The Balaban J connectivity index is 0.000000114. The van der Waals surface area contributed by atoms with Crippen LogP contribution in [0.3, 0.4) is 0 Å². The lowest BCUT2D eigenvalue weighted by molar-refractivity contribution is -0.216. The van der Waals surface area contributed by atoms with E-state index in [-0.39, 0.29) is 87.8 Å². The van der Waals surface area contributed by atoms with E-state index in [2.05, 4.69) is 194 Å². The van der Waals surface area contributed by atoms with E-state index in [0.29, 0.717) is 123 Å². The van der Waals surface area contributed by atoms with Crippen LogP contribution in [0.15, 0.2) is 172 Å². The molecule has 12 aliphatic rings. The molecule has 8 bridgehead atoms. The van der Waals surface area contributed by atoms with Gasteiger partial charge in [0.05, 0.1) is 76.4 Å².